The van der Waals surface area contributed by atoms with Crippen LogP contribution in [0.2, 0.25) is 0 Å². The molecule has 0 spiro atoms. The van der Waals surface area contributed by atoms with Crippen LogP contribution >= 0.6 is 15.9 Å². The molecule has 0 fully saturated rings. The first kappa shape index (κ1) is 15.2. The van der Waals surface area contributed by atoms with E-state index in [-0.39, 0.29) is 6.61 Å². The normalized spacial score (nSPS) is 14.2. The van der Waals surface area contributed by atoms with Crippen LogP contribution in [0, 0.1) is 0 Å². The van der Waals surface area contributed by atoms with Gasteiger partial charge < -0.3 is 4.74 Å². The third kappa shape index (κ3) is 12.2. The minimum Gasteiger partial charge on any atom is -0.372 e. The molecule has 1 atom stereocenters. The minimum atomic E-state index is -4.19. The van der Waals surface area contributed by atoms with Crippen LogP contribution in [0.5, 0.6) is 0 Å². The fourth-order valence-corrected chi connectivity index (χ4v) is 2.00. The summed E-state index contributed by atoms with van der Waals surface area (Å²) in [5.74, 6) is 0. The van der Waals surface area contributed by atoms with Gasteiger partial charge in [0.2, 0.25) is 0 Å². The molecule has 15 heavy (non-hydrogen) atoms. The van der Waals surface area contributed by atoms with Crippen molar-refractivity contribution in [2.24, 2.45) is 0 Å². The maximum absolute atomic E-state index is 11.7. The van der Waals surface area contributed by atoms with Crippen molar-refractivity contribution in [1.29, 1.82) is 0 Å². The van der Waals surface area contributed by atoms with Gasteiger partial charge in [-0.25, -0.2) is 0 Å². The number of unbranched alkanes of at least 4 members (excludes halogenated alkanes) is 1. The second-order valence-corrected chi connectivity index (χ2v) is 4.84. The van der Waals surface area contributed by atoms with E-state index in [9.17, 15) is 13.2 Å². The topological polar surface area (TPSA) is 9.23 Å². The van der Waals surface area contributed by atoms with Crippen molar-refractivity contribution in [2.75, 3.05) is 13.2 Å². The second kappa shape index (κ2) is 8.39. The number of alkyl halides is 4. The zero-order valence-electron chi connectivity index (χ0n) is 8.95. The van der Waals surface area contributed by atoms with Crippen molar-refractivity contribution in [2.45, 2.75) is 50.0 Å². The van der Waals surface area contributed by atoms with Crippen LogP contribution in [0.3, 0.4) is 0 Å². The summed E-state index contributed by atoms with van der Waals surface area (Å²) in [5.41, 5.74) is 0. The first-order chi connectivity index (χ1) is 6.95. The first-order valence-electron chi connectivity index (χ1n) is 5.24. The van der Waals surface area contributed by atoms with Crippen LogP contribution in [-0.2, 0) is 4.74 Å². The van der Waals surface area contributed by atoms with E-state index in [2.05, 4.69) is 27.6 Å². The Kier molecular flexibility index (Phi) is 8.52. The predicted molar refractivity (Wildman–Crippen MR) is 58.3 cm³/mol. The Bertz CT molecular complexity index is 150. The molecule has 0 aromatic carbocycles. The van der Waals surface area contributed by atoms with Gasteiger partial charge in [-0.15, -0.1) is 0 Å². The molecule has 0 aromatic heterocycles. The van der Waals surface area contributed by atoms with E-state index in [4.69, 9.17) is 0 Å². The lowest BCUT2D eigenvalue weighted by molar-refractivity contribution is -0.174. The van der Waals surface area contributed by atoms with E-state index in [1.807, 2.05) is 0 Å². The van der Waals surface area contributed by atoms with Crippen LogP contribution in [0.1, 0.15) is 39.0 Å². The smallest absolute Gasteiger partial charge is 0.372 e. The molecule has 5 heteroatoms. The van der Waals surface area contributed by atoms with Gasteiger partial charge in [-0.1, -0.05) is 35.7 Å². The Morgan fingerprint density at radius 1 is 1.20 bits per heavy atom. The van der Waals surface area contributed by atoms with Crippen LogP contribution < -0.4 is 0 Å². The number of ether oxygens (including phenoxy) is 1. The second-order valence-electron chi connectivity index (χ2n) is 3.55. The van der Waals surface area contributed by atoms with Crippen molar-refractivity contribution >= 4 is 15.9 Å². The largest absolute Gasteiger partial charge is 0.411 e. The summed E-state index contributed by atoms with van der Waals surface area (Å²) >= 11 is 3.52. The standard InChI is InChI=1S/C10H18BrF3O/c1-2-5-9(11)6-3-4-7-15-8-10(12,13)14/h9H,2-8H2,1H3. The van der Waals surface area contributed by atoms with E-state index < -0.39 is 12.8 Å². The molecule has 0 radical (unpaired) electrons. The Labute approximate surface area is 97.5 Å². The fourth-order valence-electron chi connectivity index (χ4n) is 1.22. The molecule has 1 unspecified atom stereocenters. The molecule has 0 amide bonds. The van der Waals surface area contributed by atoms with E-state index in [0.717, 1.165) is 25.7 Å². The lowest BCUT2D eigenvalue weighted by Crippen LogP contribution is -2.17. The molecular formula is C10H18BrF3O. The third-order valence-corrected chi connectivity index (χ3v) is 2.84. The number of hydrogen-bond donors (Lipinski definition) is 0. The van der Waals surface area contributed by atoms with Gasteiger partial charge in [0.1, 0.15) is 6.61 Å². The lowest BCUT2D eigenvalue weighted by Gasteiger charge is -2.09. The molecular weight excluding hydrogens is 273 g/mol. The molecule has 0 bridgehead atoms. The first-order valence-corrected chi connectivity index (χ1v) is 6.16. The number of rotatable bonds is 8. The van der Waals surface area contributed by atoms with Gasteiger partial charge in [0.25, 0.3) is 0 Å². The minimum absolute atomic E-state index is 0.200. The van der Waals surface area contributed by atoms with Crippen molar-refractivity contribution in [1.82, 2.24) is 0 Å². The number of halogens is 4. The van der Waals surface area contributed by atoms with Crippen molar-refractivity contribution < 1.29 is 17.9 Å². The summed E-state index contributed by atoms with van der Waals surface area (Å²) in [7, 11) is 0. The Hall–Kier alpha value is 0.230. The van der Waals surface area contributed by atoms with E-state index >= 15 is 0 Å². The van der Waals surface area contributed by atoms with Crippen LogP contribution in [-0.4, -0.2) is 24.2 Å². The quantitative estimate of drug-likeness (QED) is 0.478. The maximum atomic E-state index is 11.7. The van der Waals surface area contributed by atoms with E-state index in [0.29, 0.717) is 11.2 Å². The number of hydrogen-bond acceptors (Lipinski definition) is 1. The molecule has 0 saturated heterocycles. The molecule has 0 N–H and O–H groups in total. The highest BCUT2D eigenvalue weighted by molar-refractivity contribution is 9.09. The van der Waals surface area contributed by atoms with Gasteiger partial charge in [-0.05, 0) is 19.3 Å². The third-order valence-electron chi connectivity index (χ3n) is 1.92. The zero-order valence-corrected chi connectivity index (χ0v) is 10.5. The molecule has 0 aliphatic heterocycles. The summed E-state index contributed by atoms with van der Waals surface area (Å²) in [6.45, 7) is 1.19. The predicted octanol–water partition coefficient (Wildman–Crippen LogP) is 4.30. The average molecular weight is 291 g/mol. The monoisotopic (exact) mass is 290 g/mol. The van der Waals surface area contributed by atoms with Gasteiger partial charge in [-0.2, -0.15) is 13.2 Å². The maximum Gasteiger partial charge on any atom is 0.411 e. The Balaban J connectivity index is 3.18. The van der Waals surface area contributed by atoms with Crippen molar-refractivity contribution in [3.05, 3.63) is 0 Å². The molecule has 0 aliphatic rings. The van der Waals surface area contributed by atoms with Gasteiger partial charge in [-0.3, -0.25) is 0 Å². The van der Waals surface area contributed by atoms with Gasteiger partial charge in [0.05, 0.1) is 0 Å². The summed E-state index contributed by atoms with van der Waals surface area (Å²) in [6, 6.07) is 0. The van der Waals surface area contributed by atoms with Crippen LogP contribution in [0.4, 0.5) is 13.2 Å². The Morgan fingerprint density at radius 3 is 2.40 bits per heavy atom. The molecule has 0 saturated carbocycles. The lowest BCUT2D eigenvalue weighted by atomic mass is 10.1. The molecule has 0 aromatic rings. The zero-order chi connectivity index (χ0) is 11.7. The molecule has 0 rings (SSSR count). The van der Waals surface area contributed by atoms with E-state index in [1.165, 1.54) is 0 Å². The summed E-state index contributed by atoms with van der Waals surface area (Å²) < 4.78 is 39.5. The van der Waals surface area contributed by atoms with Crippen LogP contribution in [0.25, 0.3) is 0 Å². The summed E-state index contributed by atoms with van der Waals surface area (Å²) in [6.07, 6.45) is 0.656. The van der Waals surface area contributed by atoms with Crippen LogP contribution in [0.15, 0.2) is 0 Å². The molecule has 1 nitrogen and oxygen atoms in total. The molecule has 92 valence electrons. The Morgan fingerprint density at radius 2 is 1.87 bits per heavy atom. The van der Waals surface area contributed by atoms with E-state index in [1.54, 1.807) is 0 Å². The summed E-state index contributed by atoms with van der Waals surface area (Å²) in [5, 5.41) is 0. The highest BCUT2D eigenvalue weighted by Gasteiger charge is 2.27. The van der Waals surface area contributed by atoms with Crippen molar-refractivity contribution in [3.8, 4) is 0 Å². The summed E-state index contributed by atoms with van der Waals surface area (Å²) in [4.78, 5) is 0.491. The molecule has 0 heterocycles. The van der Waals surface area contributed by atoms with Gasteiger partial charge >= 0.3 is 6.18 Å². The molecule has 0 aliphatic carbocycles. The highest BCUT2D eigenvalue weighted by atomic mass is 79.9. The van der Waals surface area contributed by atoms with Gasteiger partial charge in [0, 0.05) is 11.4 Å². The SMILES string of the molecule is CCCC(Br)CCCCOCC(F)(F)F. The highest BCUT2D eigenvalue weighted by Crippen LogP contribution is 2.16. The van der Waals surface area contributed by atoms with Gasteiger partial charge in [0.15, 0.2) is 0 Å². The fraction of sp³-hybridized carbons (Fsp3) is 1.00. The van der Waals surface area contributed by atoms with Crippen molar-refractivity contribution in [3.63, 3.8) is 0 Å². The average Bonchev–Trinajstić information content (AvgIpc) is 2.09.